The first-order valence-corrected chi connectivity index (χ1v) is 6.38. The van der Waals surface area contributed by atoms with Crippen molar-refractivity contribution in [2.24, 2.45) is 0 Å². The van der Waals surface area contributed by atoms with E-state index >= 15 is 0 Å². The third-order valence-electron chi connectivity index (χ3n) is 3.40. The summed E-state index contributed by atoms with van der Waals surface area (Å²) in [5.74, 6) is 0.572. The molecule has 1 N–H and O–H groups in total. The van der Waals surface area contributed by atoms with Crippen LogP contribution < -0.4 is 0 Å². The fourth-order valence-corrected chi connectivity index (χ4v) is 2.61. The van der Waals surface area contributed by atoms with Gasteiger partial charge in [0.1, 0.15) is 0 Å². The smallest absolute Gasteiger partial charge is 0.0899 e. The minimum atomic E-state index is -0.517. The van der Waals surface area contributed by atoms with Gasteiger partial charge in [-0.05, 0) is 42.4 Å². The van der Waals surface area contributed by atoms with Crippen LogP contribution >= 0.6 is 15.9 Å². The van der Waals surface area contributed by atoms with E-state index in [1.807, 2.05) is 0 Å². The summed E-state index contributed by atoms with van der Waals surface area (Å²) in [5.41, 5.74) is 1.88. The summed E-state index contributed by atoms with van der Waals surface area (Å²) in [6.45, 7) is 4.42. The number of aliphatic hydroxyl groups is 1. The SMILES string of the molecule is CCC(C)c1ccc(C2(O)CC2)cc1Br. The number of benzene rings is 1. The average molecular weight is 269 g/mol. The number of rotatable bonds is 3. The molecule has 2 heteroatoms. The molecule has 1 aromatic rings. The van der Waals surface area contributed by atoms with E-state index in [2.05, 4.69) is 48.0 Å². The molecule has 1 fully saturated rings. The molecular weight excluding hydrogens is 252 g/mol. The molecular formula is C13H17BrO. The molecule has 0 bridgehead atoms. The minimum Gasteiger partial charge on any atom is -0.385 e. The summed E-state index contributed by atoms with van der Waals surface area (Å²) in [7, 11) is 0. The fraction of sp³-hybridized carbons (Fsp3) is 0.538. The molecule has 15 heavy (non-hydrogen) atoms. The van der Waals surface area contributed by atoms with Gasteiger partial charge in [-0.3, -0.25) is 0 Å². The van der Waals surface area contributed by atoms with Gasteiger partial charge in [0, 0.05) is 4.47 Å². The van der Waals surface area contributed by atoms with Crippen LogP contribution in [-0.4, -0.2) is 5.11 Å². The third kappa shape index (κ3) is 2.11. The van der Waals surface area contributed by atoms with Gasteiger partial charge in [-0.1, -0.05) is 41.9 Å². The van der Waals surface area contributed by atoms with Crippen LogP contribution in [0, 0.1) is 0 Å². The number of hydrogen-bond donors (Lipinski definition) is 1. The Morgan fingerprint density at radius 2 is 2.13 bits per heavy atom. The molecule has 1 saturated carbocycles. The van der Waals surface area contributed by atoms with Crippen molar-refractivity contribution in [2.75, 3.05) is 0 Å². The van der Waals surface area contributed by atoms with Crippen molar-refractivity contribution in [2.45, 2.75) is 44.6 Å². The van der Waals surface area contributed by atoms with E-state index in [0.29, 0.717) is 5.92 Å². The van der Waals surface area contributed by atoms with E-state index in [4.69, 9.17) is 0 Å². The lowest BCUT2D eigenvalue weighted by atomic mass is 9.96. The summed E-state index contributed by atoms with van der Waals surface area (Å²) in [6, 6.07) is 6.29. The number of halogens is 1. The van der Waals surface area contributed by atoms with Crippen molar-refractivity contribution in [3.63, 3.8) is 0 Å². The molecule has 82 valence electrons. The van der Waals surface area contributed by atoms with E-state index in [0.717, 1.165) is 29.3 Å². The highest BCUT2D eigenvalue weighted by Gasteiger charge is 2.42. The Balaban J connectivity index is 2.30. The second kappa shape index (κ2) is 3.91. The molecule has 0 amide bonds. The molecule has 2 rings (SSSR count). The maximum atomic E-state index is 9.99. The zero-order valence-electron chi connectivity index (χ0n) is 9.26. The standard InChI is InChI=1S/C13H17BrO/c1-3-9(2)11-5-4-10(8-12(11)14)13(15)6-7-13/h4-5,8-9,15H,3,6-7H2,1-2H3. The van der Waals surface area contributed by atoms with Crippen LogP contribution in [-0.2, 0) is 5.60 Å². The van der Waals surface area contributed by atoms with Crippen molar-refractivity contribution in [3.05, 3.63) is 33.8 Å². The van der Waals surface area contributed by atoms with Crippen molar-refractivity contribution >= 4 is 15.9 Å². The van der Waals surface area contributed by atoms with Crippen molar-refractivity contribution in [3.8, 4) is 0 Å². The van der Waals surface area contributed by atoms with Gasteiger partial charge in [0.15, 0.2) is 0 Å². The summed E-state index contributed by atoms with van der Waals surface area (Å²) in [4.78, 5) is 0. The molecule has 1 aliphatic carbocycles. The van der Waals surface area contributed by atoms with E-state index in [1.165, 1.54) is 5.56 Å². The molecule has 0 aliphatic heterocycles. The molecule has 1 nitrogen and oxygen atoms in total. The fourth-order valence-electron chi connectivity index (χ4n) is 1.84. The van der Waals surface area contributed by atoms with Crippen LogP contribution in [0.25, 0.3) is 0 Å². The summed E-state index contributed by atoms with van der Waals surface area (Å²) >= 11 is 3.60. The van der Waals surface area contributed by atoms with Crippen LogP contribution in [0.2, 0.25) is 0 Å². The highest BCUT2D eigenvalue weighted by Crippen LogP contribution is 2.46. The second-order valence-electron chi connectivity index (χ2n) is 4.58. The van der Waals surface area contributed by atoms with Gasteiger partial charge in [0.2, 0.25) is 0 Å². The Hall–Kier alpha value is -0.340. The van der Waals surface area contributed by atoms with Crippen LogP contribution in [0.5, 0.6) is 0 Å². The van der Waals surface area contributed by atoms with Gasteiger partial charge in [0.05, 0.1) is 5.60 Å². The second-order valence-corrected chi connectivity index (χ2v) is 5.43. The van der Waals surface area contributed by atoms with Gasteiger partial charge in [-0.25, -0.2) is 0 Å². The van der Waals surface area contributed by atoms with E-state index in [-0.39, 0.29) is 0 Å². The maximum Gasteiger partial charge on any atom is 0.0899 e. The summed E-state index contributed by atoms with van der Waals surface area (Å²) < 4.78 is 1.13. The molecule has 0 spiro atoms. The minimum absolute atomic E-state index is 0.517. The van der Waals surface area contributed by atoms with Gasteiger partial charge in [-0.2, -0.15) is 0 Å². The van der Waals surface area contributed by atoms with Crippen LogP contribution in [0.4, 0.5) is 0 Å². The van der Waals surface area contributed by atoms with Crippen LogP contribution in [0.3, 0.4) is 0 Å². The van der Waals surface area contributed by atoms with Crippen LogP contribution in [0.1, 0.15) is 50.2 Å². The van der Waals surface area contributed by atoms with Crippen molar-refractivity contribution in [1.82, 2.24) is 0 Å². The Morgan fingerprint density at radius 1 is 1.47 bits per heavy atom. The van der Waals surface area contributed by atoms with Gasteiger partial charge < -0.3 is 5.11 Å². The molecule has 0 heterocycles. The first-order chi connectivity index (χ1) is 7.07. The predicted molar refractivity (Wildman–Crippen MR) is 66.0 cm³/mol. The van der Waals surface area contributed by atoms with E-state index < -0.39 is 5.60 Å². The first-order valence-electron chi connectivity index (χ1n) is 5.59. The first kappa shape index (κ1) is 11.2. The molecule has 1 aliphatic rings. The molecule has 1 unspecified atom stereocenters. The van der Waals surface area contributed by atoms with E-state index in [1.54, 1.807) is 0 Å². The monoisotopic (exact) mass is 268 g/mol. The molecule has 1 aromatic carbocycles. The molecule has 0 aromatic heterocycles. The average Bonchev–Trinajstić information content (AvgIpc) is 2.96. The Labute approximate surface area is 99.6 Å². The zero-order valence-corrected chi connectivity index (χ0v) is 10.8. The van der Waals surface area contributed by atoms with Crippen molar-refractivity contribution < 1.29 is 5.11 Å². The quantitative estimate of drug-likeness (QED) is 0.881. The Morgan fingerprint density at radius 3 is 2.60 bits per heavy atom. The largest absolute Gasteiger partial charge is 0.385 e. The third-order valence-corrected chi connectivity index (χ3v) is 4.09. The lowest BCUT2D eigenvalue weighted by molar-refractivity contribution is 0.151. The molecule has 0 saturated heterocycles. The Kier molecular flexibility index (Phi) is 2.91. The maximum absolute atomic E-state index is 9.99. The van der Waals surface area contributed by atoms with Gasteiger partial charge in [-0.15, -0.1) is 0 Å². The van der Waals surface area contributed by atoms with E-state index in [9.17, 15) is 5.11 Å². The van der Waals surface area contributed by atoms with Crippen molar-refractivity contribution in [1.29, 1.82) is 0 Å². The van der Waals surface area contributed by atoms with Gasteiger partial charge in [0.25, 0.3) is 0 Å². The lowest BCUT2D eigenvalue weighted by Gasteiger charge is -2.15. The number of hydrogen-bond acceptors (Lipinski definition) is 1. The normalized spacial score (nSPS) is 20.0. The zero-order chi connectivity index (χ0) is 11.1. The summed E-state index contributed by atoms with van der Waals surface area (Å²) in [6.07, 6.45) is 2.95. The summed E-state index contributed by atoms with van der Waals surface area (Å²) in [5, 5.41) is 9.99. The molecule has 1 atom stereocenters. The van der Waals surface area contributed by atoms with Crippen LogP contribution in [0.15, 0.2) is 22.7 Å². The highest BCUT2D eigenvalue weighted by molar-refractivity contribution is 9.10. The predicted octanol–water partition coefficient (Wildman–Crippen LogP) is 3.94. The topological polar surface area (TPSA) is 20.2 Å². The Bertz CT molecular complexity index is 369. The highest BCUT2D eigenvalue weighted by atomic mass is 79.9. The lowest BCUT2D eigenvalue weighted by Crippen LogP contribution is -2.05. The molecule has 0 radical (unpaired) electrons. The van der Waals surface area contributed by atoms with Gasteiger partial charge >= 0.3 is 0 Å².